The third-order valence-corrected chi connectivity index (χ3v) is 2.34. The van der Waals surface area contributed by atoms with E-state index in [-0.39, 0.29) is 6.09 Å². The first-order valence-corrected chi connectivity index (χ1v) is 5.61. The van der Waals surface area contributed by atoms with Gasteiger partial charge in [-0.05, 0) is 39.2 Å². The molecule has 16 heavy (non-hydrogen) atoms. The van der Waals surface area contributed by atoms with Crippen molar-refractivity contribution < 1.29 is 14.3 Å². The smallest absolute Gasteiger partial charge is 0.410 e. The van der Waals surface area contributed by atoms with Crippen molar-refractivity contribution >= 4 is 6.09 Å². The van der Waals surface area contributed by atoms with Crippen LogP contribution in [0.3, 0.4) is 0 Å². The standard InChI is InChI=1S/C12H21NO3/c1-12(2,3)16-11(14)13-7-5-10(6-8-13)9-15-4/h9H,5-8H2,1-4H3. The molecule has 0 unspecified atom stereocenters. The third kappa shape index (κ3) is 4.13. The molecule has 0 radical (unpaired) electrons. The lowest BCUT2D eigenvalue weighted by Crippen LogP contribution is -2.40. The van der Waals surface area contributed by atoms with Crippen LogP contribution < -0.4 is 0 Å². The zero-order chi connectivity index (χ0) is 12.2. The highest BCUT2D eigenvalue weighted by atomic mass is 16.6. The molecule has 4 nitrogen and oxygen atoms in total. The van der Waals surface area contributed by atoms with Crippen LogP contribution >= 0.6 is 0 Å². The number of methoxy groups -OCH3 is 1. The lowest BCUT2D eigenvalue weighted by molar-refractivity contribution is 0.0235. The number of hydrogen-bond donors (Lipinski definition) is 0. The molecule has 1 aliphatic heterocycles. The highest BCUT2D eigenvalue weighted by Gasteiger charge is 2.24. The van der Waals surface area contributed by atoms with Gasteiger partial charge in [-0.25, -0.2) is 4.79 Å². The molecule has 1 amide bonds. The fourth-order valence-corrected chi connectivity index (χ4v) is 1.59. The Kier molecular flexibility index (Phi) is 4.21. The van der Waals surface area contributed by atoms with Crippen molar-refractivity contribution in [2.45, 2.75) is 39.2 Å². The van der Waals surface area contributed by atoms with Crippen molar-refractivity contribution in [2.75, 3.05) is 20.2 Å². The minimum Gasteiger partial charge on any atom is -0.504 e. The Bertz CT molecular complexity index is 268. The summed E-state index contributed by atoms with van der Waals surface area (Å²) in [7, 11) is 1.65. The van der Waals surface area contributed by atoms with Gasteiger partial charge in [0.1, 0.15) is 5.60 Å². The van der Waals surface area contributed by atoms with Crippen LogP contribution in [0.1, 0.15) is 33.6 Å². The molecule has 0 bridgehead atoms. The van der Waals surface area contributed by atoms with Crippen molar-refractivity contribution in [2.24, 2.45) is 0 Å². The predicted octanol–water partition coefficient (Wildman–Crippen LogP) is 2.55. The Balaban J connectivity index is 2.42. The lowest BCUT2D eigenvalue weighted by atomic mass is 10.1. The summed E-state index contributed by atoms with van der Waals surface area (Å²) >= 11 is 0. The first kappa shape index (κ1) is 12.9. The summed E-state index contributed by atoms with van der Waals surface area (Å²) < 4.78 is 10.3. The van der Waals surface area contributed by atoms with E-state index in [0.29, 0.717) is 13.1 Å². The molecule has 1 fully saturated rings. The average Bonchev–Trinajstić information content (AvgIpc) is 2.16. The molecular formula is C12H21NO3. The summed E-state index contributed by atoms with van der Waals surface area (Å²) in [5.74, 6) is 0. The monoisotopic (exact) mass is 227 g/mol. The second kappa shape index (κ2) is 5.23. The van der Waals surface area contributed by atoms with Gasteiger partial charge in [0.2, 0.25) is 0 Å². The van der Waals surface area contributed by atoms with Crippen LogP contribution in [0.15, 0.2) is 11.8 Å². The maximum atomic E-state index is 11.7. The zero-order valence-corrected chi connectivity index (χ0v) is 10.6. The Morgan fingerprint density at radius 2 is 1.88 bits per heavy atom. The summed E-state index contributed by atoms with van der Waals surface area (Å²) in [5.41, 5.74) is 0.835. The van der Waals surface area contributed by atoms with Gasteiger partial charge in [0.05, 0.1) is 13.4 Å². The van der Waals surface area contributed by atoms with Crippen LogP contribution in [0.4, 0.5) is 4.79 Å². The second-order valence-corrected chi connectivity index (χ2v) is 4.98. The lowest BCUT2D eigenvalue weighted by Gasteiger charge is -2.30. The molecule has 0 atom stereocenters. The fourth-order valence-electron chi connectivity index (χ4n) is 1.59. The summed E-state index contributed by atoms with van der Waals surface area (Å²) in [6, 6.07) is 0. The Morgan fingerprint density at radius 1 is 1.31 bits per heavy atom. The number of piperidine rings is 1. The SMILES string of the molecule is COC=C1CCN(C(=O)OC(C)(C)C)CC1. The number of carbonyl (C=O) groups excluding carboxylic acids is 1. The van der Waals surface area contributed by atoms with Crippen LogP contribution in [0.25, 0.3) is 0 Å². The van der Waals surface area contributed by atoms with E-state index in [1.165, 1.54) is 5.57 Å². The molecule has 1 aliphatic rings. The number of hydrogen-bond acceptors (Lipinski definition) is 3. The molecule has 4 heteroatoms. The molecule has 1 saturated heterocycles. The van der Waals surface area contributed by atoms with Crippen molar-refractivity contribution in [3.05, 3.63) is 11.8 Å². The van der Waals surface area contributed by atoms with Gasteiger partial charge >= 0.3 is 6.09 Å². The maximum absolute atomic E-state index is 11.7. The first-order chi connectivity index (χ1) is 7.42. The van der Waals surface area contributed by atoms with Gasteiger partial charge in [-0.15, -0.1) is 0 Å². The van der Waals surface area contributed by atoms with Gasteiger partial charge in [-0.1, -0.05) is 0 Å². The summed E-state index contributed by atoms with van der Waals surface area (Å²) in [4.78, 5) is 13.5. The highest BCUT2D eigenvalue weighted by molar-refractivity contribution is 5.68. The van der Waals surface area contributed by atoms with E-state index in [9.17, 15) is 4.79 Å². The van der Waals surface area contributed by atoms with Gasteiger partial charge < -0.3 is 14.4 Å². The van der Waals surface area contributed by atoms with E-state index in [0.717, 1.165) is 12.8 Å². The van der Waals surface area contributed by atoms with Crippen LogP contribution in [-0.4, -0.2) is 36.8 Å². The van der Waals surface area contributed by atoms with Gasteiger partial charge in [-0.3, -0.25) is 0 Å². The molecule has 0 spiro atoms. The molecule has 1 rings (SSSR count). The topological polar surface area (TPSA) is 38.8 Å². The molecule has 0 aliphatic carbocycles. The largest absolute Gasteiger partial charge is 0.504 e. The van der Waals surface area contributed by atoms with E-state index in [1.807, 2.05) is 20.8 Å². The first-order valence-electron chi connectivity index (χ1n) is 5.61. The number of amides is 1. The Labute approximate surface area is 97.2 Å². The number of ether oxygens (including phenoxy) is 2. The number of nitrogens with zero attached hydrogens (tertiary/aromatic N) is 1. The normalized spacial score (nSPS) is 17.0. The third-order valence-electron chi connectivity index (χ3n) is 2.34. The highest BCUT2D eigenvalue weighted by Crippen LogP contribution is 2.18. The van der Waals surface area contributed by atoms with Crippen molar-refractivity contribution in [1.82, 2.24) is 4.90 Å². The van der Waals surface area contributed by atoms with Crippen molar-refractivity contribution in [3.63, 3.8) is 0 Å². The quantitative estimate of drug-likeness (QED) is 0.646. The minimum absolute atomic E-state index is 0.219. The number of likely N-dealkylation sites (tertiary alicyclic amines) is 1. The van der Waals surface area contributed by atoms with Crippen molar-refractivity contribution in [3.8, 4) is 0 Å². The number of carbonyl (C=O) groups is 1. The summed E-state index contributed by atoms with van der Waals surface area (Å²) in [6.07, 6.45) is 3.29. The number of rotatable bonds is 1. The van der Waals surface area contributed by atoms with Gasteiger partial charge in [0.15, 0.2) is 0 Å². The van der Waals surface area contributed by atoms with E-state index >= 15 is 0 Å². The fraction of sp³-hybridized carbons (Fsp3) is 0.750. The van der Waals surface area contributed by atoms with Crippen LogP contribution in [0, 0.1) is 0 Å². The van der Waals surface area contributed by atoms with E-state index in [4.69, 9.17) is 9.47 Å². The van der Waals surface area contributed by atoms with Gasteiger partial charge in [0.25, 0.3) is 0 Å². The van der Waals surface area contributed by atoms with E-state index < -0.39 is 5.60 Å². The van der Waals surface area contributed by atoms with E-state index in [1.54, 1.807) is 18.3 Å². The zero-order valence-electron chi connectivity index (χ0n) is 10.6. The molecule has 0 N–H and O–H groups in total. The molecule has 0 saturated carbocycles. The van der Waals surface area contributed by atoms with Crippen LogP contribution in [-0.2, 0) is 9.47 Å². The molecule has 0 aromatic rings. The average molecular weight is 227 g/mol. The summed E-state index contributed by atoms with van der Waals surface area (Å²) in [6.45, 7) is 7.06. The molecular weight excluding hydrogens is 206 g/mol. The minimum atomic E-state index is -0.417. The molecule has 92 valence electrons. The Morgan fingerprint density at radius 3 is 2.31 bits per heavy atom. The van der Waals surface area contributed by atoms with Gasteiger partial charge in [-0.2, -0.15) is 0 Å². The maximum Gasteiger partial charge on any atom is 0.410 e. The van der Waals surface area contributed by atoms with E-state index in [2.05, 4.69) is 0 Å². The van der Waals surface area contributed by atoms with Gasteiger partial charge in [0, 0.05) is 13.1 Å². The molecule has 1 heterocycles. The molecule has 0 aromatic carbocycles. The summed E-state index contributed by atoms with van der Waals surface area (Å²) in [5, 5.41) is 0. The van der Waals surface area contributed by atoms with Crippen LogP contribution in [0.5, 0.6) is 0 Å². The van der Waals surface area contributed by atoms with Crippen LogP contribution in [0.2, 0.25) is 0 Å². The Hall–Kier alpha value is -1.19. The molecule has 0 aromatic heterocycles. The van der Waals surface area contributed by atoms with Crippen molar-refractivity contribution in [1.29, 1.82) is 0 Å². The predicted molar refractivity (Wildman–Crippen MR) is 62.1 cm³/mol. The second-order valence-electron chi connectivity index (χ2n) is 4.98.